The smallest absolute Gasteiger partial charge is 0.330 e. The Morgan fingerprint density at radius 1 is 0.576 bits per heavy atom. The van der Waals surface area contributed by atoms with Crippen molar-refractivity contribution in [2.75, 3.05) is 19.8 Å². The predicted octanol–water partition coefficient (Wildman–Crippen LogP) is -3.67. The number of fused-ring (bicyclic) bond motifs is 1. The minimum absolute atomic E-state index is 0.0516. The van der Waals surface area contributed by atoms with Crippen LogP contribution in [-0.2, 0) is 23.7 Å². The van der Waals surface area contributed by atoms with Crippen LogP contribution in [0.2, 0.25) is 0 Å². The zero-order chi connectivity index (χ0) is 47.7. The Labute approximate surface area is 371 Å². The summed E-state index contributed by atoms with van der Waals surface area (Å²) in [5.41, 5.74) is -0.798. The van der Waals surface area contributed by atoms with E-state index >= 15 is 0 Å². The second kappa shape index (κ2) is 20.0. The number of benzene rings is 3. The fourth-order valence-corrected chi connectivity index (χ4v) is 7.15. The molecule has 358 valence electrons. The zero-order valence-electron chi connectivity index (χ0n) is 34.0. The number of carbonyl (C=O) groups excluding carboxylic acids is 1. The molecule has 3 saturated heterocycles. The van der Waals surface area contributed by atoms with E-state index in [1.807, 2.05) is 0 Å². The average molecular weight is 935 g/mol. The Kier molecular flexibility index (Phi) is 14.7. The molecule has 2 aromatic rings. The summed E-state index contributed by atoms with van der Waals surface area (Å²) < 4.78 is 45.1. The highest BCUT2D eigenvalue weighted by molar-refractivity contribution is 5.87. The van der Waals surface area contributed by atoms with Crippen molar-refractivity contribution < 1.29 is 114 Å². The third-order valence-corrected chi connectivity index (χ3v) is 10.9. The van der Waals surface area contributed by atoms with Gasteiger partial charge in [-0.25, -0.2) is 4.79 Å². The van der Waals surface area contributed by atoms with Crippen LogP contribution in [0.5, 0.6) is 34.5 Å². The molecule has 66 heavy (non-hydrogen) atoms. The molecule has 4 aliphatic heterocycles. The van der Waals surface area contributed by atoms with Crippen molar-refractivity contribution in [3.63, 3.8) is 0 Å². The molecule has 7 rings (SSSR count). The van der Waals surface area contributed by atoms with Gasteiger partial charge in [0.2, 0.25) is 18.9 Å². The fourth-order valence-electron chi connectivity index (χ4n) is 7.15. The van der Waals surface area contributed by atoms with Crippen molar-refractivity contribution in [1.82, 2.24) is 0 Å². The van der Waals surface area contributed by atoms with E-state index in [9.17, 15) is 81.1 Å². The molecule has 24 heteroatoms. The number of aliphatic hydroxyl groups excluding tert-OH is 11. The largest absolute Gasteiger partial charge is 0.504 e. The van der Waals surface area contributed by atoms with E-state index in [0.717, 1.165) is 36.4 Å². The van der Waals surface area contributed by atoms with Gasteiger partial charge in [0.25, 0.3) is 0 Å². The average Bonchev–Trinajstić information content (AvgIpc) is 3.30. The zero-order valence-corrected chi connectivity index (χ0v) is 34.0. The number of hydrogen-bond donors (Lipinski definition) is 14. The molecule has 0 spiro atoms. The Hall–Kier alpha value is -5.68. The van der Waals surface area contributed by atoms with Crippen LogP contribution in [0.4, 0.5) is 0 Å². The maximum Gasteiger partial charge on any atom is 0.330 e. The van der Waals surface area contributed by atoms with Crippen LogP contribution in [0, 0.1) is 0 Å². The van der Waals surface area contributed by atoms with Crippen LogP contribution in [0.15, 0.2) is 69.9 Å². The molecule has 1 aliphatic carbocycles. The summed E-state index contributed by atoms with van der Waals surface area (Å²) in [7, 11) is 0. The number of rotatable bonds is 13. The molecule has 0 amide bonds. The van der Waals surface area contributed by atoms with E-state index in [1.165, 1.54) is 30.3 Å². The third-order valence-electron chi connectivity index (χ3n) is 10.9. The summed E-state index contributed by atoms with van der Waals surface area (Å²) in [5.74, 6) is -4.11. The van der Waals surface area contributed by atoms with Crippen LogP contribution >= 0.6 is 0 Å². The molecule has 15 atom stereocenters. The summed E-state index contributed by atoms with van der Waals surface area (Å²) in [6.07, 6.45) is -24.3. The summed E-state index contributed by atoms with van der Waals surface area (Å²) in [5, 5.41) is 144. The fraction of sp³-hybridized carbons (Fsp3) is 0.429. The van der Waals surface area contributed by atoms with Gasteiger partial charge in [0, 0.05) is 23.8 Å². The van der Waals surface area contributed by atoms with Crippen molar-refractivity contribution in [3.8, 4) is 57.1 Å². The van der Waals surface area contributed by atoms with Crippen molar-refractivity contribution in [3.05, 3.63) is 76.5 Å². The number of hydrogen-bond acceptors (Lipinski definition) is 24. The van der Waals surface area contributed by atoms with Crippen molar-refractivity contribution in [2.45, 2.75) is 92.1 Å². The lowest BCUT2D eigenvalue weighted by molar-refractivity contribution is -0.278. The predicted molar refractivity (Wildman–Crippen MR) is 215 cm³/mol. The first-order chi connectivity index (χ1) is 31.4. The van der Waals surface area contributed by atoms with E-state index in [4.69, 9.17) is 37.6 Å². The number of phenols is 3. The molecule has 0 saturated carbocycles. The minimum Gasteiger partial charge on any atom is -0.504 e. The lowest BCUT2D eigenvalue weighted by Gasteiger charge is -2.40. The number of carbonyl (C=O) groups is 1. The van der Waals surface area contributed by atoms with E-state index in [1.54, 1.807) is 0 Å². The van der Waals surface area contributed by atoms with Gasteiger partial charge in [-0.1, -0.05) is 6.07 Å². The van der Waals surface area contributed by atoms with E-state index in [0.29, 0.717) is 5.56 Å². The van der Waals surface area contributed by atoms with E-state index in [2.05, 4.69) is 0 Å². The van der Waals surface area contributed by atoms with Crippen LogP contribution < -0.4 is 19.6 Å². The number of aliphatic hydroxyl groups is 11. The van der Waals surface area contributed by atoms with Gasteiger partial charge in [-0.2, -0.15) is 0 Å². The SMILES string of the molecule is O=C(C=Cc1ccc(O)c(O)c1)OC[C@H]1O[C@@H](Oc2cc3oc(-c4ccc(O)c(O[C@@H]5O[C@H](CO)[C@@H](O)[C@H](O)[C@H]5O)c4)c(O[C@@H]4O[C@H](CO)[C@@H](O)[C@H](O)[C@H]4O)cc-3c(=O)c2)[C@@H](O)[C@@H](O)[C@@H]1O. The highest BCUT2D eigenvalue weighted by Crippen LogP contribution is 2.42. The molecule has 0 bridgehead atoms. The number of esters is 1. The maximum atomic E-state index is 13.7. The molecule has 5 aliphatic rings. The Morgan fingerprint density at radius 2 is 1.12 bits per heavy atom. The highest BCUT2D eigenvalue weighted by Gasteiger charge is 2.48. The quantitative estimate of drug-likeness (QED) is 0.0349. The minimum atomic E-state index is -1.95. The van der Waals surface area contributed by atoms with Gasteiger partial charge in [-0.05, 0) is 48.0 Å². The highest BCUT2D eigenvalue weighted by atomic mass is 16.7. The first kappa shape index (κ1) is 48.3. The second-order valence-corrected chi connectivity index (χ2v) is 15.4. The topological polar surface area (TPSA) is 395 Å². The first-order valence-corrected chi connectivity index (χ1v) is 20.0. The van der Waals surface area contributed by atoms with Crippen LogP contribution in [0.1, 0.15) is 5.56 Å². The maximum absolute atomic E-state index is 13.7. The van der Waals surface area contributed by atoms with Crippen molar-refractivity contribution >= 4 is 12.0 Å². The molecular formula is C42H46O24. The molecule has 0 unspecified atom stereocenters. The summed E-state index contributed by atoms with van der Waals surface area (Å²) in [4.78, 5) is 26.1. The molecule has 24 nitrogen and oxygen atoms in total. The van der Waals surface area contributed by atoms with E-state index in [-0.39, 0.29) is 34.1 Å². The molecule has 0 radical (unpaired) electrons. The Balaban J connectivity index is 1.18. The van der Waals surface area contributed by atoms with Gasteiger partial charge in [0.1, 0.15) is 91.4 Å². The van der Waals surface area contributed by atoms with Gasteiger partial charge in [-0.15, -0.1) is 0 Å². The number of ether oxygens (including phenoxy) is 7. The van der Waals surface area contributed by atoms with Crippen LogP contribution in [0.3, 0.4) is 0 Å². The molecule has 4 heterocycles. The van der Waals surface area contributed by atoms with E-state index < -0.39 is 146 Å². The van der Waals surface area contributed by atoms with Gasteiger partial charge in [0.05, 0.1) is 18.8 Å². The number of phenolic OH excluding ortho intramolecular Hbond substituents is 3. The standard InChI is InChI=1S/C42H46O24/c43-12-26-30(50)33(53)37(57)41(64-26)62-24-8-16(3-5-20(24)46)39-25(63-42-38(58)34(54)31(51)27(13-44)65-42)11-18-21(47)9-17(10-23(18)61-39)60-40-36(56)35(55)32(52)28(66-40)14-59-29(49)6-2-15-1-4-19(45)22(48)7-15/h1-11,26-28,30-38,40-46,48,50-58H,12-14H2/t26-,27-,28-,30-,31-,32-,33+,34+,35+,36+,37-,38-,40-,41-,42-/m1/s1. The molecule has 0 aromatic heterocycles. The monoisotopic (exact) mass is 934 g/mol. The van der Waals surface area contributed by atoms with Crippen LogP contribution in [0.25, 0.3) is 28.7 Å². The van der Waals surface area contributed by atoms with Crippen LogP contribution in [-0.4, -0.2) is 189 Å². The third kappa shape index (κ3) is 10.0. The van der Waals surface area contributed by atoms with Gasteiger partial charge in [0.15, 0.2) is 39.9 Å². The molecular weight excluding hydrogens is 888 g/mol. The Bertz CT molecular complexity index is 2380. The van der Waals surface area contributed by atoms with Crippen molar-refractivity contribution in [1.29, 1.82) is 0 Å². The molecule has 2 aromatic carbocycles. The summed E-state index contributed by atoms with van der Waals surface area (Å²) in [6, 6.07) is 10.4. The van der Waals surface area contributed by atoms with Gasteiger partial charge in [-0.3, -0.25) is 4.79 Å². The summed E-state index contributed by atoms with van der Waals surface area (Å²) >= 11 is 0. The van der Waals surface area contributed by atoms with Gasteiger partial charge < -0.3 is 109 Å². The first-order valence-electron chi connectivity index (χ1n) is 20.0. The normalized spacial score (nSPS) is 32.6. The second-order valence-electron chi connectivity index (χ2n) is 15.4. The number of aromatic hydroxyl groups is 3. The van der Waals surface area contributed by atoms with Gasteiger partial charge >= 0.3 is 5.97 Å². The summed E-state index contributed by atoms with van der Waals surface area (Å²) in [6.45, 7) is -2.29. The van der Waals surface area contributed by atoms with Crippen molar-refractivity contribution in [2.24, 2.45) is 0 Å². The Morgan fingerprint density at radius 3 is 1.71 bits per heavy atom. The molecule has 14 N–H and O–H groups in total. The molecule has 3 fully saturated rings. The lowest BCUT2D eigenvalue weighted by atomic mass is 9.99. The lowest BCUT2D eigenvalue weighted by Crippen LogP contribution is -2.60.